The Morgan fingerprint density at radius 2 is 1.96 bits per heavy atom. The monoisotopic (exact) mass is 349 g/mol. The number of aromatic amines is 1. The number of ether oxygens (including phenoxy) is 1. The third-order valence-corrected chi connectivity index (χ3v) is 3.94. The number of fused-ring (bicyclic) bond motifs is 1. The van der Waals surface area contributed by atoms with E-state index in [0.29, 0.717) is 17.9 Å². The Balaban J connectivity index is 1.55. The standard InChI is InChI=1S/C18H14ClF2NO2/c19-13-4-6-17-14(9-13)12(10-22-17)2-1-7-24-18(23)11-3-5-15(20)16(21)8-11/h3-6,8-10,22H,1-2,7H2. The van der Waals surface area contributed by atoms with E-state index in [1.807, 2.05) is 24.4 Å². The van der Waals surface area contributed by atoms with Gasteiger partial charge in [0, 0.05) is 22.1 Å². The molecule has 124 valence electrons. The largest absolute Gasteiger partial charge is 0.462 e. The van der Waals surface area contributed by atoms with Crippen molar-refractivity contribution in [2.45, 2.75) is 12.8 Å². The molecule has 1 N–H and O–H groups in total. The van der Waals surface area contributed by atoms with Crippen molar-refractivity contribution in [3.05, 3.63) is 70.4 Å². The molecule has 0 atom stereocenters. The van der Waals surface area contributed by atoms with E-state index in [9.17, 15) is 13.6 Å². The number of rotatable bonds is 5. The van der Waals surface area contributed by atoms with Crippen LogP contribution in [0.3, 0.4) is 0 Å². The van der Waals surface area contributed by atoms with E-state index in [1.54, 1.807) is 0 Å². The van der Waals surface area contributed by atoms with Crippen molar-refractivity contribution in [3.8, 4) is 0 Å². The van der Waals surface area contributed by atoms with Gasteiger partial charge in [0.1, 0.15) is 0 Å². The molecule has 0 aliphatic rings. The van der Waals surface area contributed by atoms with Gasteiger partial charge in [-0.15, -0.1) is 0 Å². The van der Waals surface area contributed by atoms with Crippen LogP contribution in [0.25, 0.3) is 10.9 Å². The molecular weight excluding hydrogens is 336 g/mol. The molecule has 0 radical (unpaired) electrons. The molecule has 0 bridgehead atoms. The van der Waals surface area contributed by atoms with Gasteiger partial charge in [-0.3, -0.25) is 0 Å². The molecule has 0 aliphatic heterocycles. The Hall–Kier alpha value is -2.40. The number of benzene rings is 2. The summed E-state index contributed by atoms with van der Waals surface area (Å²) in [6, 6.07) is 8.54. The van der Waals surface area contributed by atoms with Crippen LogP contribution in [0.4, 0.5) is 8.78 Å². The number of hydrogen-bond donors (Lipinski definition) is 1. The Labute approximate surface area is 142 Å². The van der Waals surface area contributed by atoms with E-state index in [-0.39, 0.29) is 12.2 Å². The Morgan fingerprint density at radius 1 is 1.12 bits per heavy atom. The first kappa shape index (κ1) is 16.5. The van der Waals surface area contributed by atoms with E-state index < -0.39 is 17.6 Å². The highest BCUT2D eigenvalue weighted by atomic mass is 35.5. The van der Waals surface area contributed by atoms with E-state index in [4.69, 9.17) is 16.3 Å². The summed E-state index contributed by atoms with van der Waals surface area (Å²) in [6.07, 6.45) is 3.21. The number of aryl methyl sites for hydroxylation is 1. The van der Waals surface area contributed by atoms with Crippen molar-refractivity contribution in [2.24, 2.45) is 0 Å². The molecule has 3 aromatic rings. The second-order valence-corrected chi connectivity index (χ2v) is 5.81. The summed E-state index contributed by atoms with van der Waals surface area (Å²) in [5.74, 6) is -2.74. The molecule has 0 saturated carbocycles. The van der Waals surface area contributed by atoms with Crippen LogP contribution in [0.15, 0.2) is 42.6 Å². The maximum atomic E-state index is 13.1. The van der Waals surface area contributed by atoms with Crippen molar-refractivity contribution >= 4 is 28.5 Å². The van der Waals surface area contributed by atoms with Gasteiger partial charge in [-0.25, -0.2) is 13.6 Å². The van der Waals surface area contributed by atoms with Gasteiger partial charge in [-0.2, -0.15) is 0 Å². The molecular formula is C18H14ClF2NO2. The fourth-order valence-electron chi connectivity index (χ4n) is 2.49. The quantitative estimate of drug-likeness (QED) is 0.526. The molecule has 2 aromatic carbocycles. The zero-order valence-electron chi connectivity index (χ0n) is 12.6. The highest BCUT2D eigenvalue weighted by Crippen LogP contribution is 2.23. The van der Waals surface area contributed by atoms with Crippen LogP contribution in [0.1, 0.15) is 22.3 Å². The average molecular weight is 350 g/mol. The summed E-state index contributed by atoms with van der Waals surface area (Å²) in [4.78, 5) is 15.0. The normalized spacial score (nSPS) is 11.0. The second kappa shape index (κ2) is 7.01. The van der Waals surface area contributed by atoms with Gasteiger partial charge >= 0.3 is 5.97 Å². The van der Waals surface area contributed by atoms with Gasteiger partial charge in [0.05, 0.1) is 12.2 Å². The van der Waals surface area contributed by atoms with Gasteiger partial charge in [-0.1, -0.05) is 11.6 Å². The maximum Gasteiger partial charge on any atom is 0.338 e. The van der Waals surface area contributed by atoms with Gasteiger partial charge in [0.15, 0.2) is 11.6 Å². The average Bonchev–Trinajstić information content (AvgIpc) is 2.96. The third-order valence-electron chi connectivity index (χ3n) is 3.71. The van der Waals surface area contributed by atoms with Gasteiger partial charge in [0.25, 0.3) is 0 Å². The van der Waals surface area contributed by atoms with E-state index >= 15 is 0 Å². The first-order chi connectivity index (χ1) is 11.5. The van der Waals surface area contributed by atoms with Crippen LogP contribution in [0.5, 0.6) is 0 Å². The fourth-order valence-corrected chi connectivity index (χ4v) is 2.66. The number of H-pyrrole nitrogens is 1. The Morgan fingerprint density at radius 3 is 2.75 bits per heavy atom. The summed E-state index contributed by atoms with van der Waals surface area (Å²) >= 11 is 6.00. The summed E-state index contributed by atoms with van der Waals surface area (Å²) in [7, 11) is 0. The molecule has 1 heterocycles. The number of hydrogen-bond acceptors (Lipinski definition) is 2. The number of halogens is 3. The van der Waals surface area contributed by atoms with Gasteiger partial charge in [0.2, 0.25) is 0 Å². The summed E-state index contributed by atoms with van der Waals surface area (Å²) in [5.41, 5.74) is 2.07. The first-order valence-electron chi connectivity index (χ1n) is 7.42. The topological polar surface area (TPSA) is 42.1 Å². The molecule has 0 saturated heterocycles. The highest BCUT2D eigenvalue weighted by molar-refractivity contribution is 6.31. The molecule has 0 fully saturated rings. The number of aromatic nitrogens is 1. The van der Waals surface area contributed by atoms with Crippen molar-refractivity contribution in [1.82, 2.24) is 4.98 Å². The van der Waals surface area contributed by atoms with Crippen LogP contribution in [0, 0.1) is 11.6 Å². The lowest BCUT2D eigenvalue weighted by Crippen LogP contribution is -2.07. The number of carbonyl (C=O) groups excluding carboxylic acids is 1. The minimum absolute atomic E-state index is 0.00669. The summed E-state index contributed by atoms with van der Waals surface area (Å²) in [6.45, 7) is 0.186. The molecule has 3 rings (SSSR count). The molecule has 6 heteroatoms. The first-order valence-corrected chi connectivity index (χ1v) is 7.80. The molecule has 0 amide bonds. The number of nitrogens with one attached hydrogen (secondary N) is 1. The predicted octanol–water partition coefficient (Wildman–Crippen LogP) is 4.89. The zero-order chi connectivity index (χ0) is 17.1. The summed E-state index contributed by atoms with van der Waals surface area (Å²) in [5, 5.41) is 1.70. The van der Waals surface area contributed by atoms with Crippen LogP contribution >= 0.6 is 11.6 Å². The zero-order valence-corrected chi connectivity index (χ0v) is 13.4. The van der Waals surface area contributed by atoms with E-state index in [1.165, 1.54) is 6.07 Å². The Bertz CT molecular complexity index is 892. The Kier molecular flexibility index (Phi) is 4.81. The van der Waals surface area contributed by atoms with Gasteiger partial charge < -0.3 is 9.72 Å². The lowest BCUT2D eigenvalue weighted by molar-refractivity contribution is 0.0500. The van der Waals surface area contributed by atoms with Crippen molar-refractivity contribution in [2.75, 3.05) is 6.61 Å². The van der Waals surface area contributed by atoms with Crippen molar-refractivity contribution in [3.63, 3.8) is 0 Å². The molecule has 0 unspecified atom stereocenters. The fraction of sp³-hybridized carbons (Fsp3) is 0.167. The number of carbonyl (C=O) groups is 1. The molecule has 3 nitrogen and oxygen atoms in total. The van der Waals surface area contributed by atoms with Crippen LogP contribution in [-0.4, -0.2) is 17.6 Å². The minimum Gasteiger partial charge on any atom is -0.462 e. The molecule has 0 spiro atoms. The van der Waals surface area contributed by atoms with Crippen LogP contribution < -0.4 is 0 Å². The van der Waals surface area contributed by atoms with Crippen molar-refractivity contribution in [1.29, 1.82) is 0 Å². The number of esters is 1. The molecule has 1 aromatic heterocycles. The van der Waals surface area contributed by atoms with Crippen molar-refractivity contribution < 1.29 is 18.3 Å². The highest BCUT2D eigenvalue weighted by Gasteiger charge is 2.11. The lowest BCUT2D eigenvalue weighted by atomic mass is 10.1. The second-order valence-electron chi connectivity index (χ2n) is 5.37. The van der Waals surface area contributed by atoms with E-state index in [0.717, 1.165) is 28.6 Å². The van der Waals surface area contributed by atoms with Crippen LogP contribution in [0.2, 0.25) is 5.02 Å². The molecule has 0 aliphatic carbocycles. The lowest BCUT2D eigenvalue weighted by Gasteiger charge is -2.05. The van der Waals surface area contributed by atoms with Gasteiger partial charge in [-0.05, 0) is 54.8 Å². The minimum atomic E-state index is -1.07. The third kappa shape index (κ3) is 3.57. The molecule has 24 heavy (non-hydrogen) atoms. The summed E-state index contributed by atoms with van der Waals surface area (Å²) < 4.78 is 31.0. The predicted molar refractivity (Wildman–Crippen MR) is 88.3 cm³/mol. The van der Waals surface area contributed by atoms with E-state index in [2.05, 4.69) is 4.98 Å². The maximum absolute atomic E-state index is 13.1. The van der Waals surface area contributed by atoms with Crippen LogP contribution in [-0.2, 0) is 11.2 Å². The smallest absolute Gasteiger partial charge is 0.338 e. The SMILES string of the molecule is O=C(OCCCc1c[nH]c2ccc(Cl)cc12)c1ccc(F)c(F)c1.